The molecule has 0 aromatic rings. The molecular weight excluding hydrogens is 1340 g/mol. The van der Waals surface area contributed by atoms with Crippen LogP contribution in [0.1, 0.15) is 446 Å². The van der Waals surface area contributed by atoms with Crippen molar-refractivity contribution in [2.45, 2.75) is 464 Å². The Morgan fingerprint density at radius 2 is 0.495 bits per heavy atom. The van der Waals surface area contributed by atoms with Crippen LogP contribution in [0, 0.1) is 11.8 Å². The first-order valence-electron chi connectivity index (χ1n) is 43.5. The maximum atomic E-state index is 13.1. The molecule has 19 heteroatoms. The zero-order valence-corrected chi connectivity index (χ0v) is 69.4. The number of phosphoric ester groups is 2. The van der Waals surface area contributed by atoms with E-state index in [0.717, 1.165) is 102 Å². The van der Waals surface area contributed by atoms with E-state index in [-0.39, 0.29) is 25.7 Å². The van der Waals surface area contributed by atoms with Crippen LogP contribution in [0.5, 0.6) is 0 Å². The van der Waals surface area contributed by atoms with Gasteiger partial charge in [0.1, 0.15) is 19.3 Å². The maximum Gasteiger partial charge on any atom is 0.472 e. The Morgan fingerprint density at radius 3 is 0.738 bits per heavy atom. The number of aliphatic hydroxyl groups excluding tert-OH is 1. The lowest BCUT2D eigenvalue weighted by atomic mass is 9.99. The van der Waals surface area contributed by atoms with E-state index in [1.807, 2.05) is 0 Å². The number of carbonyl (C=O) groups is 4. The molecule has 17 nitrogen and oxygen atoms in total. The van der Waals surface area contributed by atoms with Gasteiger partial charge in [-0.15, -0.1) is 0 Å². The second-order valence-corrected chi connectivity index (χ2v) is 33.8. The standard InChI is InChI=1S/C84H164O17P2/c1-7-10-12-14-16-18-19-20-32-38-44-50-56-62-68-83(88)100-79(72-94-81(86)66-60-54-48-40-17-15-13-11-8-2)74-98-102(90,91)96-70-78(85)71-97-103(92,93)99-75-80(73-95-82(87)67-61-55-49-43-37-33-29-25-26-30-35-41-46-52-58-64-76(4)5)101-84(89)69-63-57-51-45-39-34-28-24-22-21-23-27-31-36-42-47-53-59-65-77(6)9-3/h76-80,85H,7-75H2,1-6H3,(H,90,91)(H,92,93)/t77?,78-,79+,80+/m0/s1. The number of hydrogen-bond acceptors (Lipinski definition) is 15. The highest BCUT2D eigenvalue weighted by molar-refractivity contribution is 7.47. The van der Waals surface area contributed by atoms with E-state index in [1.54, 1.807) is 0 Å². The molecule has 103 heavy (non-hydrogen) atoms. The monoisotopic (exact) mass is 1510 g/mol. The van der Waals surface area contributed by atoms with E-state index in [4.69, 9.17) is 37.0 Å². The molecule has 0 saturated carbocycles. The number of ether oxygens (including phenoxy) is 4. The van der Waals surface area contributed by atoms with Gasteiger partial charge >= 0.3 is 39.5 Å². The minimum absolute atomic E-state index is 0.108. The van der Waals surface area contributed by atoms with E-state index in [2.05, 4.69) is 41.5 Å². The van der Waals surface area contributed by atoms with Crippen molar-refractivity contribution in [3.05, 3.63) is 0 Å². The van der Waals surface area contributed by atoms with Crippen LogP contribution in [-0.2, 0) is 65.4 Å². The maximum absolute atomic E-state index is 13.1. The molecule has 0 aliphatic carbocycles. The summed E-state index contributed by atoms with van der Waals surface area (Å²) in [7, 11) is -9.92. The molecule has 3 N–H and O–H groups in total. The van der Waals surface area contributed by atoms with Gasteiger partial charge in [-0.25, -0.2) is 9.13 Å². The highest BCUT2D eigenvalue weighted by atomic mass is 31.2. The number of hydrogen-bond donors (Lipinski definition) is 3. The lowest BCUT2D eigenvalue weighted by molar-refractivity contribution is -0.161. The third kappa shape index (κ3) is 76.6. The normalized spacial score (nSPS) is 14.1. The molecule has 0 saturated heterocycles. The number of aliphatic hydroxyl groups is 1. The van der Waals surface area contributed by atoms with Crippen LogP contribution in [-0.4, -0.2) is 96.7 Å². The minimum atomic E-state index is -4.96. The zero-order chi connectivity index (χ0) is 75.6. The van der Waals surface area contributed by atoms with Gasteiger partial charge in [-0.1, -0.05) is 395 Å². The van der Waals surface area contributed by atoms with Crippen molar-refractivity contribution in [2.24, 2.45) is 11.8 Å². The smallest absolute Gasteiger partial charge is 0.462 e. The molecule has 0 radical (unpaired) electrons. The van der Waals surface area contributed by atoms with Crippen molar-refractivity contribution in [3.63, 3.8) is 0 Å². The molecule has 0 aromatic heterocycles. The van der Waals surface area contributed by atoms with Gasteiger partial charge in [0.25, 0.3) is 0 Å². The molecule has 0 aliphatic heterocycles. The molecule has 6 atom stereocenters. The Labute approximate surface area is 632 Å². The van der Waals surface area contributed by atoms with Crippen LogP contribution >= 0.6 is 15.6 Å². The first-order valence-corrected chi connectivity index (χ1v) is 46.5. The molecule has 0 aliphatic rings. The van der Waals surface area contributed by atoms with Crippen LogP contribution in [0.25, 0.3) is 0 Å². The summed E-state index contributed by atoms with van der Waals surface area (Å²) >= 11 is 0. The summed E-state index contributed by atoms with van der Waals surface area (Å²) in [6.45, 7) is 9.74. The van der Waals surface area contributed by atoms with Crippen LogP contribution < -0.4 is 0 Å². The third-order valence-electron chi connectivity index (χ3n) is 20.1. The predicted octanol–water partition coefficient (Wildman–Crippen LogP) is 25.5. The summed E-state index contributed by atoms with van der Waals surface area (Å²) < 4.78 is 68.8. The quantitative estimate of drug-likeness (QED) is 0.0222. The Morgan fingerprint density at radius 1 is 0.282 bits per heavy atom. The summed E-state index contributed by atoms with van der Waals surface area (Å²) in [5, 5.41) is 10.7. The predicted molar refractivity (Wildman–Crippen MR) is 423 cm³/mol. The van der Waals surface area contributed by atoms with Gasteiger partial charge in [-0.3, -0.25) is 37.3 Å². The van der Waals surface area contributed by atoms with Gasteiger partial charge in [0.15, 0.2) is 12.2 Å². The fraction of sp³-hybridized carbons (Fsp3) is 0.952. The SMILES string of the molecule is CCCCCCCCCCCCCCCCC(=O)O[C@H](COC(=O)CCCCCCCCCCC)COP(=O)(O)OC[C@H](O)COP(=O)(O)OC[C@@H](COC(=O)CCCCCCCCCCCCCCCCCC(C)C)OC(=O)CCCCCCCCCCCCCCCCCCCCC(C)CC. The van der Waals surface area contributed by atoms with Crippen molar-refractivity contribution in [3.8, 4) is 0 Å². The van der Waals surface area contributed by atoms with Crippen molar-refractivity contribution in [2.75, 3.05) is 39.6 Å². The first kappa shape index (κ1) is 101. The molecule has 0 aromatic carbocycles. The van der Waals surface area contributed by atoms with Crippen LogP contribution in [0.15, 0.2) is 0 Å². The Bertz CT molecular complexity index is 1980. The van der Waals surface area contributed by atoms with Crippen molar-refractivity contribution < 1.29 is 80.2 Å². The molecule has 0 spiro atoms. The van der Waals surface area contributed by atoms with Gasteiger partial charge in [-0.05, 0) is 37.5 Å². The van der Waals surface area contributed by atoms with Crippen LogP contribution in [0.4, 0.5) is 0 Å². The second-order valence-electron chi connectivity index (χ2n) is 30.9. The number of esters is 4. The van der Waals surface area contributed by atoms with Crippen LogP contribution in [0.3, 0.4) is 0 Å². The van der Waals surface area contributed by atoms with E-state index in [1.165, 1.54) is 263 Å². The Kier molecular flexibility index (Phi) is 74.1. The van der Waals surface area contributed by atoms with Gasteiger partial charge in [-0.2, -0.15) is 0 Å². The summed E-state index contributed by atoms with van der Waals surface area (Å²) in [5.74, 6) is -0.427. The largest absolute Gasteiger partial charge is 0.472 e. The minimum Gasteiger partial charge on any atom is -0.462 e. The number of phosphoric acid groups is 2. The highest BCUT2D eigenvalue weighted by Gasteiger charge is 2.30. The zero-order valence-electron chi connectivity index (χ0n) is 67.6. The van der Waals surface area contributed by atoms with E-state index >= 15 is 0 Å². The lowest BCUT2D eigenvalue weighted by Gasteiger charge is -2.21. The van der Waals surface area contributed by atoms with Crippen molar-refractivity contribution >= 4 is 39.5 Å². The van der Waals surface area contributed by atoms with Gasteiger partial charge in [0, 0.05) is 25.7 Å². The summed E-state index contributed by atoms with van der Waals surface area (Å²) in [6, 6.07) is 0. The average Bonchev–Trinajstić information content (AvgIpc) is 0.909. The number of carbonyl (C=O) groups excluding carboxylic acids is 4. The fourth-order valence-electron chi connectivity index (χ4n) is 13.0. The number of unbranched alkanes of at least 4 members (excludes halogenated alkanes) is 52. The van der Waals surface area contributed by atoms with E-state index < -0.39 is 97.5 Å². The second kappa shape index (κ2) is 75.5. The molecule has 0 heterocycles. The Hall–Kier alpha value is -1.94. The molecule has 612 valence electrons. The fourth-order valence-corrected chi connectivity index (χ4v) is 14.6. The molecular formula is C84H164O17P2. The molecule has 3 unspecified atom stereocenters. The highest BCUT2D eigenvalue weighted by Crippen LogP contribution is 2.45. The topological polar surface area (TPSA) is 237 Å². The molecule has 0 bridgehead atoms. The third-order valence-corrected chi connectivity index (χ3v) is 22.0. The Balaban J connectivity index is 5.20. The summed E-state index contributed by atoms with van der Waals surface area (Å²) in [5.41, 5.74) is 0. The van der Waals surface area contributed by atoms with E-state index in [9.17, 15) is 43.2 Å². The van der Waals surface area contributed by atoms with Crippen molar-refractivity contribution in [1.29, 1.82) is 0 Å². The first-order chi connectivity index (χ1) is 49.9. The number of rotatable bonds is 83. The molecule has 0 amide bonds. The van der Waals surface area contributed by atoms with Crippen molar-refractivity contribution in [1.82, 2.24) is 0 Å². The molecule has 0 fully saturated rings. The van der Waals surface area contributed by atoms with Gasteiger partial charge in [0.2, 0.25) is 0 Å². The van der Waals surface area contributed by atoms with Gasteiger partial charge < -0.3 is 33.8 Å². The average molecular weight is 1510 g/mol. The summed E-state index contributed by atoms with van der Waals surface area (Å²) in [6.07, 6.45) is 66.6. The lowest BCUT2D eigenvalue weighted by Crippen LogP contribution is -2.30. The molecule has 0 rings (SSSR count). The van der Waals surface area contributed by atoms with Crippen LogP contribution in [0.2, 0.25) is 0 Å². The van der Waals surface area contributed by atoms with Gasteiger partial charge in [0.05, 0.1) is 26.4 Å². The summed E-state index contributed by atoms with van der Waals surface area (Å²) in [4.78, 5) is 73.1. The van der Waals surface area contributed by atoms with E-state index in [0.29, 0.717) is 25.7 Å².